The largest absolute Gasteiger partial charge is 0.756 e. The van der Waals surface area contributed by atoms with Gasteiger partial charge in [-0.1, -0.05) is 77.0 Å². The van der Waals surface area contributed by atoms with Crippen LogP contribution in [0.5, 0.6) is 0 Å². The van der Waals surface area contributed by atoms with Crippen LogP contribution in [0.15, 0.2) is 0 Å². The van der Waals surface area contributed by atoms with Crippen LogP contribution in [-0.2, 0) is 27.9 Å². The molecule has 9 aliphatic carbocycles. The van der Waals surface area contributed by atoms with Crippen molar-refractivity contribution < 1.29 is 37.3 Å². The van der Waals surface area contributed by atoms with Crippen molar-refractivity contribution in [2.45, 2.75) is 147 Å². The fourth-order valence-corrected chi connectivity index (χ4v) is 16.4. The molecule has 1 unspecified atom stereocenters. The van der Waals surface area contributed by atoms with Gasteiger partial charge in [-0.25, -0.2) is 0 Å². The molecule has 9 rings (SSSR count). The van der Waals surface area contributed by atoms with E-state index >= 15 is 0 Å². The summed E-state index contributed by atoms with van der Waals surface area (Å²) < 4.78 is 35.1. The molecule has 0 bridgehead atoms. The number of hydrogen-bond acceptors (Lipinski definition) is 7. The van der Waals surface area contributed by atoms with Crippen molar-refractivity contribution in [3.8, 4) is 0 Å². The van der Waals surface area contributed by atoms with E-state index in [-0.39, 0.29) is 25.8 Å². The molecule has 8 nitrogen and oxygen atoms in total. The second-order valence-corrected chi connectivity index (χ2v) is 23.9. The quantitative estimate of drug-likeness (QED) is 0.0268. The summed E-state index contributed by atoms with van der Waals surface area (Å²) in [4.78, 5) is 25.2. The fourth-order valence-electron chi connectivity index (χ4n) is 15.7. The summed E-state index contributed by atoms with van der Waals surface area (Å²) in [5.74, 6) is 17.8. The van der Waals surface area contributed by atoms with E-state index in [1.54, 1.807) is 32.1 Å². The van der Waals surface area contributed by atoms with Crippen LogP contribution in [-0.4, -0.2) is 70.7 Å². The first-order valence-corrected chi connectivity index (χ1v) is 26.2. The highest BCUT2D eigenvalue weighted by Crippen LogP contribution is 2.84. The van der Waals surface area contributed by atoms with Crippen LogP contribution in [0.1, 0.15) is 141 Å². The van der Waals surface area contributed by atoms with E-state index in [2.05, 4.69) is 0 Å². The number of unbranched alkanes of at least 4 members (excludes halogenated alkanes) is 9. The number of ether oxygens (including phenoxy) is 2. The molecular formula is C48H80NO7P. The molecule has 0 heterocycles. The number of quaternary nitrogens is 1. The summed E-state index contributed by atoms with van der Waals surface area (Å²) in [5, 5.41) is 0. The Bertz CT molecular complexity index is 1410. The molecule has 0 aromatic rings. The minimum atomic E-state index is -4.49. The molecule has 9 heteroatoms. The zero-order valence-electron chi connectivity index (χ0n) is 36.2. The van der Waals surface area contributed by atoms with E-state index in [1.165, 1.54) is 88.9 Å². The average molecular weight is 814 g/mol. The molecule has 0 saturated heterocycles. The first kappa shape index (κ1) is 41.8. The lowest BCUT2D eigenvalue weighted by Crippen LogP contribution is -2.80. The second kappa shape index (κ2) is 17.7. The molecule has 324 valence electrons. The zero-order chi connectivity index (χ0) is 39.3. The van der Waals surface area contributed by atoms with E-state index < -0.39 is 13.9 Å². The molecule has 57 heavy (non-hydrogen) atoms. The molecule has 0 aromatic heterocycles. The van der Waals surface area contributed by atoms with Crippen molar-refractivity contribution in [3.63, 3.8) is 0 Å². The summed E-state index contributed by atoms with van der Waals surface area (Å²) in [7, 11) is 1.46. The third-order valence-electron chi connectivity index (χ3n) is 18.7. The van der Waals surface area contributed by atoms with Crippen LogP contribution in [0, 0.1) is 94.7 Å². The highest BCUT2D eigenvalue weighted by molar-refractivity contribution is 7.45. The third kappa shape index (κ3) is 8.65. The fraction of sp³-hybridized carbons (Fsp3) is 0.979. The lowest BCUT2D eigenvalue weighted by Gasteiger charge is -2.85. The maximum atomic E-state index is 12.7. The number of hydrogen-bond donors (Lipinski definition) is 0. The van der Waals surface area contributed by atoms with Gasteiger partial charge in [-0.3, -0.25) is 9.36 Å². The van der Waals surface area contributed by atoms with Crippen molar-refractivity contribution in [3.05, 3.63) is 0 Å². The Balaban J connectivity index is 0.603. The predicted octanol–water partition coefficient (Wildman–Crippen LogP) is 9.69. The molecule has 9 aliphatic rings. The smallest absolute Gasteiger partial charge is 0.305 e. The van der Waals surface area contributed by atoms with E-state index in [4.69, 9.17) is 18.5 Å². The topological polar surface area (TPSA) is 94.1 Å². The first-order chi connectivity index (χ1) is 27.6. The van der Waals surface area contributed by atoms with Gasteiger partial charge in [0.15, 0.2) is 0 Å². The van der Waals surface area contributed by atoms with Crippen LogP contribution in [0.25, 0.3) is 0 Å². The van der Waals surface area contributed by atoms with Gasteiger partial charge in [-0.2, -0.15) is 0 Å². The van der Waals surface area contributed by atoms with Crippen LogP contribution in [0.4, 0.5) is 0 Å². The molecular weight excluding hydrogens is 734 g/mol. The molecule has 18 atom stereocenters. The van der Waals surface area contributed by atoms with Gasteiger partial charge in [0.2, 0.25) is 0 Å². The Hall–Kier alpha value is -0.500. The Kier molecular flexibility index (Phi) is 13.0. The molecule has 0 spiro atoms. The molecule has 9 saturated carbocycles. The number of carbonyl (C=O) groups excluding carboxylic acids is 1. The number of phosphoric acid groups is 1. The molecule has 9 fully saturated rings. The van der Waals surface area contributed by atoms with E-state index in [1.807, 2.05) is 21.1 Å². The number of fused-ring (bicyclic) bond motifs is 17. The van der Waals surface area contributed by atoms with E-state index in [9.17, 15) is 14.3 Å². The van der Waals surface area contributed by atoms with Gasteiger partial charge in [0.05, 0.1) is 27.7 Å². The number of carbonyl (C=O) groups is 1. The van der Waals surface area contributed by atoms with E-state index in [0.717, 1.165) is 109 Å². The summed E-state index contributed by atoms with van der Waals surface area (Å²) in [5.41, 5.74) is 0. The van der Waals surface area contributed by atoms with Gasteiger partial charge in [-0.05, 0) is 152 Å². The lowest BCUT2D eigenvalue weighted by molar-refractivity contribution is -0.870. The van der Waals surface area contributed by atoms with Crippen molar-refractivity contribution >= 4 is 13.8 Å². The number of phosphoric ester groups is 1. The Morgan fingerprint density at radius 1 is 0.596 bits per heavy atom. The summed E-state index contributed by atoms with van der Waals surface area (Å²) in [6.45, 7) is 0.878. The van der Waals surface area contributed by atoms with Crippen LogP contribution >= 0.6 is 7.82 Å². The van der Waals surface area contributed by atoms with Crippen LogP contribution < -0.4 is 4.89 Å². The number of esters is 1. The van der Waals surface area contributed by atoms with Gasteiger partial charge < -0.3 is 27.9 Å². The molecule has 0 aliphatic heterocycles. The third-order valence-corrected chi connectivity index (χ3v) is 19.7. The highest BCUT2D eigenvalue weighted by atomic mass is 31.2. The minimum Gasteiger partial charge on any atom is -0.756 e. The first-order valence-electron chi connectivity index (χ1n) is 24.8. The monoisotopic (exact) mass is 814 g/mol. The Morgan fingerprint density at radius 3 is 1.89 bits per heavy atom. The van der Waals surface area contributed by atoms with Crippen molar-refractivity contribution in [1.29, 1.82) is 0 Å². The van der Waals surface area contributed by atoms with Crippen LogP contribution in [0.3, 0.4) is 0 Å². The van der Waals surface area contributed by atoms with E-state index in [0.29, 0.717) is 24.1 Å². The number of nitrogens with zero attached hydrogens (tertiary/aromatic N) is 1. The molecule has 0 radical (unpaired) electrons. The second-order valence-electron chi connectivity index (χ2n) is 22.5. The Labute approximate surface area is 346 Å². The SMILES string of the molecule is C[N+](C)(C)CCOP(=O)([O-])OC[C@@H](COC(=O)CCCCCCC[C@@H]1C[C@H]2[C@@H]3[C@H]4[C@@H]5CC[C@@H]5[C@H]4[C@H]3[C@H]12)OCCCCCCCC[C@@H]1CC[C@H]2[C@@H](C1)[C@@H]1[C@H]3CC[C@H]3[C@H]21. The van der Waals surface area contributed by atoms with Gasteiger partial charge in [0.1, 0.15) is 25.9 Å². The average Bonchev–Trinajstić information content (AvgIpc) is 3.13. The van der Waals surface area contributed by atoms with Crippen molar-refractivity contribution in [2.75, 3.05) is 54.1 Å². The standard InChI is InChI=1S/C48H80NO7P/c1-49(2,3)24-26-55-57(51,52)56-30-33(53-25-14-10-5-4-7-11-15-31-18-19-38-39(27-31)44-35-21-20-34(35)43(38)44)29-54-41(50)17-13-9-6-8-12-16-32-28-40-42(32)48-46-37-23-22-36(37)45(46)47(40)48/h31-40,42-48H,4-30H2,1-3H3/t31-,32-,33-,34-,35+,36-,37+,38+,39-,40-,42-,43-,44+,45+,46-,47-,48-/m1/s1. The van der Waals surface area contributed by atoms with Crippen molar-refractivity contribution in [1.82, 2.24) is 0 Å². The zero-order valence-corrected chi connectivity index (χ0v) is 37.1. The van der Waals surface area contributed by atoms with Gasteiger partial charge in [0, 0.05) is 13.0 Å². The molecule has 0 amide bonds. The molecule has 0 aromatic carbocycles. The summed E-state index contributed by atoms with van der Waals surface area (Å²) in [6, 6.07) is 0. The molecule has 0 N–H and O–H groups in total. The number of rotatable bonds is 27. The summed E-state index contributed by atoms with van der Waals surface area (Å²) >= 11 is 0. The Morgan fingerprint density at radius 2 is 1.18 bits per heavy atom. The van der Waals surface area contributed by atoms with Gasteiger partial charge >= 0.3 is 5.97 Å². The minimum absolute atomic E-state index is 0.00245. The number of likely N-dealkylation sites (N-methyl/N-ethyl adjacent to an activating group) is 1. The summed E-state index contributed by atoms with van der Waals surface area (Å²) in [6.07, 6.45) is 27.8. The maximum Gasteiger partial charge on any atom is 0.305 e. The highest BCUT2D eigenvalue weighted by Gasteiger charge is 2.79. The normalized spacial score (nSPS) is 42.5. The van der Waals surface area contributed by atoms with Crippen LogP contribution in [0.2, 0.25) is 0 Å². The lowest BCUT2D eigenvalue weighted by atomic mass is 9.20. The predicted molar refractivity (Wildman–Crippen MR) is 221 cm³/mol. The van der Waals surface area contributed by atoms with Crippen molar-refractivity contribution in [2.24, 2.45) is 94.7 Å². The van der Waals surface area contributed by atoms with Gasteiger partial charge in [-0.15, -0.1) is 0 Å². The van der Waals surface area contributed by atoms with Gasteiger partial charge in [0.25, 0.3) is 7.82 Å². The maximum absolute atomic E-state index is 12.7.